The van der Waals surface area contributed by atoms with Crippen molar-refractivity contribution in [2.75, 3.05) is 12.4 Å². The molecule has 1 fully saturated rings. The van der Waals surface area contributed by atoms with Crippen molar-refractivity contribution in [3.63, 3.8) is 0 Å². The summed E-state index contributed by atoms with van der Waals surface area (Å²) in [7, 11) is 0. The Morgan fingerprint density at radius 3 is 2.83 bits per heavy atom. The summed E-state index contributed by atoms with van der Waals surface area (Å²) < 4.78 is 0. The molecule has 24 heavy (non-hydrogen) atoms. The molecule has 2 nitrogen and oxygen atoms in total. The van der Waals surface area contributed by atoms with Gasteiger partial charge in [0.15, 0.2) is 0 Å². The van der Waals surface area contributed by atoms with Crippen LogP contribution in [-0.4, -0.2) is 28.3 Å². The predicted octanol–water partition coefficient (Wildman–Crippen LogP) is 4.28. The topological polar surface area (TPSA) is 46.2 Å². The molecule has 3 N–H and O–H groups in total. The molecule has 0 aromatic heterocycles. The lowest BCUT2D eigenvalue weighted by Gasteiger charge is -2.26. The molecule has 1 saturated carbocycles. The van der Waals surface area contributed by atoms with Crippen molar-refractivity contribution in [2.24, 2.45) is 11.7 Å². The summed E-state index contributed by atoms with van der Waals surface area (Å²) in [5, 5.41) is 10.2. The summed E-state index contributed by atoms with van der Waals surface area (Å²) >= 11 is 2.10. The molecule has 0 saturated heterocycles. The Balaban J connectivity index is 1.60. The molecule has 0 heterocycles. The molecule has 2 aliphatic rings. The first-order valence-electron chi connectivity index (χ1n) is 9.62. The number of fused-ring (bicyclic) bond motifs is 1. The summed E-state index contributed by atoms with van der Waals surface area (Å²) in [6.07, 6.45) is 8.19. The van der Waals surface area contributed by atoms with Crippen LogP contribution in [0, 0.1) is 5.92 Å². The van der Waals surface area contributed by atoms with Crippen LogP contribution in [0.5, 0.6) is 0 Å². The number of hydrogen-bond donors (Lipinski definition) is 2. The van der Waals surface area contributed by atoms with E-state index in [1.807, 2.05) is 0 Å². The molecule has 0 radical (unpaired) electrons. The molecule has 0 aliphatic heterocycles. The van der Waals surface area contributed by atoms with Crippen LogP contribution in [0.4, 0.5) is 0 Å². The van der Waals surface area contributed by atoms with Gasteiger partial charge in [-0.2, -0.15) is 11.8 Å². The van der Waals surface area contributed by atoms with Crippen molar-refractivity contribution < 1.29 is 5.11 Å². The molecule has 0 amide bonds. The van der Waals surface area contributed by atoms with Gasteiger partial charge in [0.2, 0.25) is 0 Å². The first kappa shape index (κ1) is 18.3. The van der Waals surface area contributed by atoms with Crippen molar-refractivity contribution in [3.8, 4) is 0 Å². The Labute approximate surface area is 151 Å². The Kier molecular flexibility index (Phi) is 5.94. The quantitative estimate of drug-likeness (QED) is 0.807. The minimum Gasteiger partial charge on any atom is -0.394 e. The molecule has 1 aromatic rings. The van der Waals surface area contributed by atoms with E-state index in [1.54, 1.807) is 11.1 Å². The van der Waals surface area contributed by atoms with Crippen LogP contribution in [0.1, 0.15) is 68.6 Å². The third kappa shape index (κ3) is 4.36. The molecular formula is C21H33NOS. The zero-order valence-electron chi connectivity index (χ0n) is 15.3. The fraction of sp³-hybridized carbons (Fsp3) is 0.714. The molecular weight excluding hydrogens is 314 g/mol. The molecule has 3 atom stereocenters. The minimum absolute atomic E-state index is 0.116. The van der Waals surface area contributed by atoms with Gasteiger partial charge in [-0.3, -0.25) is 0 Å². The van der Waals surface area contributed by atoms with E-state index in [1.165, 1.54) is 37.0 Å². The number of aliphatic hydroxyl groups excluding tert-OH is 1. The fourth-order valence-electron chi connectivity index (χ4n) is 4.41. The van der Waals surface area contributed by atoms with Crippen LogP contribution < -0.4 is 5.73 Å². The monoisotopic (exact) mass is 347 g/mol. The largest absolute Gasteiger partial charge is 0.394 e. The summed E-state index contributed by atoms with van der Waals surface area (Å²) in [4.78, 5) is 0. The van der Waals surface area contributed by atoms with Crippen molar-refractivity contribution in [1.29, 1.82) is 0 Å². The first-order valence-corrected chi connectivity index (χ1v) is 10.7. The first-order chi connectivity index (χ1) is 11.5. The standard InChI is InChI=1S/C21H33NOS/c1-15(2)24-10-8-16-3-4-18-12-19(6-5-17(18)11-16)20-7-9-21(22,13-20)14-23/h5-6,12,15-16,20,23H,3-4,7-11,13-14,22H2,1-2H3/t16-,20-,21+/m0/s1. The lowest BCUT2D eigenvalue weighted by molar-refractivity contribution is 0.198. The highest BCUT2D eigenvalue weighted by Crippen LogP contribution is 2.40. The molecule has 3 rings (SSSR count). The van der Waals surface area contributed by atoms with E-state index in [-0.39, 0.29) is 12.1 Å². The number of rotatable bonds is 6. The second-order valence-electron chi connectivity index (χ2n) is 8.31. The van der Waals surface area contributed by atoms with Crippen LogP contribution >= 0.6 is 11.8 Å². The van der Waals surface area contributed by atoms with Crippen LogP contribution in [-0.2, 0) is 12.8 Å². The maximum Gasteiger partial charge on any atom is 0.0611 e. The number of benzene rings is 1. The van der Waals surface area contributed by atoms with Crippen LogP contribution in [0.3, 0.4) is 0 Å². The number of aliphatic hydroxyl groups is 1. The highest BCUT2D eigenvalue weighted by atomic mass is 32.2. The van der Waals surface area contributed by atoms with Gasteiger partial charge in [0, 0.05) is 5.54 Å². The Morgan fingerprint density at radius 2 is 2.12 bits per heavy atom. The van der Waals surface area contributed by atoms with Gasteiger partial charge >= 0.3 is 0 Å². The summed E-state index contributed by atoms with van der Waals surface area (Å²) in [6.45, 7) is 4.70. The molecule has 0 spiro atoms. The van der Waals surface area contributed by atoms with Crippen LogP contribution in [0.15, 0.2) is 18.2 Å². The molecule has 0 unspecified atom stereocenters. The van der Waals surface area contributed by atoms with Gasteiger partial charge in [0.25, 0.3) is 0 Å². The molecule has 134 valence electrons. The Hall–Kier alpha value is -0.510. The van der Waals surface area contributed by atoms with Crippen molar-refractivity contribution in [3.05, 3.63) is 34.9 Å². The summed E-state index contributed by atoms with van der Waals surface area (Å²) in [5.74, 6) is 2.71. The Morgan fingerprint density at radius 1 is 1.29 bits per heavy atom. The van der Waals surface area contributed by atoms with E-state index in [0.29, 0.717) is 5.92 Å². The third-order valence-corrected chi connectivity index (χ3v) is 7.11. The van der Waals surface area contributed by atoms with Crippen molar-refractivity contribution >= 4 is 11.8 Å². The maximum atomic E-state index is 9.49. The number of nitrogens with two attached hydrogens (primary N) is 1. The minimum atomic E-state index is -0.347. The summed E-state index contributed by atoms with van der Waals surface area (Å²) in [6, 6.07) is 7.15. The second kappa shape index (κ2) is 7.80. The van der Waals surface area contributed by atoms with Crippen molar-refractivity contribution in [2.45, 2.75) is 75.5 Å². The van der Waals surface area contributed by atoms with E-state index >= 15 is 0 Å². The van der Waals surface area contributed by atoms with Gasteiger partial charge in [-0.15, -0.1) is 0 Å². The molecule has 3 heteroatoms. The Bertz CT molecular complexity index is 559. The lowest BCUT2D eigenvalue weighted by Crippen LogP contribution is -2.40. The average molecular weight is 348 g/mol. The molecule has 0 bridgehead atoms. The number of hydrogen-bond acceptors (Lipinski definition) is 3. The SMILES string of the molecule is CC(C)SCC[C@@H]1CCc2cc([C@H]3CC[C@](N)(CO)C3)ccc2C1. The highest BCUT2D eigenvalue weighted by molar-refractivity contribution is 7.99. The maximum absolute atomic E-state index is 9.49. The second-order valence-corrected chi connectivity index (χ2v) is 9.99. The van der Waals surface area contributed by atoms with E-state index in [2.05, 4.69) is 43.8 Å². The van der Waals surface area contributed by atoms with E-state index < -0.39 is 0 Å². The van der Waals surface area contributed by atoms with Crippen LogP contribution in [0.25, 0.3) is 0 Å². The lowest BCUT2D eigenvalue weighted by atomic mass is 9.80. The van der Waals surface area contributed by atoms with Gasteiger partial charge in [-0.1, -0.05) is 32.0 Å². The fourth-order valence-corrected chi connectivity index (χ4v) is 5.35. The smallest absolute Gasteiger partial charge is 0.0611 e. The summed E-state index contributed by atoms with van der Waals surface area (Å²) in [5.41, 5.74) is 10.5. The zero-order valence-corrected chi connectivity index (χ0v) is 16.1. The average Bonchev–Trinajstić information content (AvgIpc) is 2.97. The zero-order chi connectivity index (χ0) is 17.2. The van der Waals surface area contributed by atoms with E-state index in [0.717, 1.165) is 30.4 Å². The van der Waals surface area contributed by atoms with E-state index in [4.69, 9.17) is 5.73 Å². The molecule has 1 aromatic carbocycles. The van der Waals surface area contributed by atoms with Gasteiger partial charge in [-0.25, -0.2) is 0 Å². The molecule has 2 aliphatic carbocycles. The number of thioether (sulfide) groups is 1. The van der Waals surface area contributed by atoms with Gasteiger partial charge in [0.05, 0.1) is 6.61 Å². The number of aryl methyl sites for hydroxylation is 1. The van der Waals surface area contributed by atoms with Crippen molar-refractivity contribution in [1.82, 2.24) is 0 Å². The van der Waals surface area contributed by atoms with Gasteiger partial charge in [0.1, 0.15) is 0 Å². The van der Waals surface area contributed by atoms with E-state index in [9.17, 15) is 5.11 Å². The normalized spacial score (nSPS) is 29.9. The predicted molar refractivity (Wildman–Crippen MR) is 105 cm³/mol. The van der Waals surface area contributed by atoms with Crippen LogP contribution in [0.2, 0.25) is 0 Å². The van der Waals surface area contributed by atoms with Gasteiger partial charge < -0.3 is 10.8 Å². The highest BCUT2D eigenvalue weighted by Gasteiger charge is 2.36. The van der Waals surface area contributed by atoms with Gasteiger partial charge in [-0.05, 0) is 84.5 Å². The third-order valence-electron chi connectivity index (χ3n) is 5.97.